The molecule has 1 saturated heterocycles. The van der Waals surface area contributed by atoms with Gasteiger partial charge in [-0.1, -0.05) is 25.5 Å². The van der Waals surface area contributed by atoms with Crippen molar-refractivity contribution in [1.29, 1.82) is 0 Å². The number of benzene rings is 1. The average Bonchev–Trinajstić information content (AvgIpc) is 3.41. The number of carbonyl (C=O) groups excluding carboxylic acids is 1. The van der Waals surface area contributed by atoms with Crippen molar-refractivity contribution in [2.75, 3.05) is 33.3 Å². The molecule has 1 saturated carbocycles. The molecule has 1 heterocycles. The lowest BCUT2D eigenvalue weighted by atomic mass is 10.0. The molecule has 1 aromatic rings. The lowest BCUT2D eigenvalue weighted by Gasteiger charge is -2.34. The first kappa shape index (κ1) is 18.2. The zero-order valence-corrected chi connectivity index (χ0v) is 16.1. The molecule has 2 aliphatic rings. The Hall–Kier alpha value is -1.55. The summed E-state index contributed by atoms with van der Waals surface area (Å²) in [6.45, 7) is 10.6. The van der Waals surface area contributed by atoms with Crippen LogP contribution in [0.5, 0.6) is 5.75 Å². The van der Waals surface area contributed by atoms with Crippen LogP contribution >= 0.6 is 0 Å². The van der Waals surface area contributed by atoms with Crippen LogP contribution in [0.2, 0.25) is 0 Å². The first-order valence-corrected chi connectivity index (χ1v) is 9.67. The second-order valence-corrected chi connectivity index (χ2v) is 8.06. The minimum atomic E-state index is 0.111. The number of rotatable bonds is 5. The van der Waals surface area contributed by atoms with Gasteiger partial charge >= 0.3 is 0 Å². The van der Waals surface area contributed by atoms with Gasteiger partial charge < -0.3 is 9.64 Å². The number of carbonyl (C=O) groups is 1. The molecule has 1 atom stereocenters. The van der Waals surface area contributed by atoms with E-state index in [9.17, 15) is 4.79 Å². The van der Waals surface area contributed by atoms with Crippen molar-refractivity contribution in [2.24, 2.45) is 11.8 Å². The third-order valence-corrected chi connectivity index (χ3v) is 5.58. The zero-order valence-electron chi connectivity index (χ0n) is 16.1. The van der Waals surface area contributed by atoms with Crippen molar-refractivity contribution >= 4 is 5.91 Å². The molecule has 4 nitrogen and oxygen atoms in total. The van der Waals surface area contributed by atoms with Crippen LogP contribution in [0, 0.1) is 18.8 Å². The minimum Gasteiger partial charge on any atom is -0.496 e. The highest BCUT2D eigenvalue weighted by Gasteiger charge is 2.34. The summed E-state index contributed by atoms with van der Waals surface area (Å²) < 4.78 is 5.44. The second-order valence-electron chi connectivity index (χ2n) is 8.06. The fraction of sp³-hybridized carbons (Fsp3) is 0.667. The summed E-state index contributed by atoms with van der Waals surface area (Å²) in [6.07, 6.45) is 3.81. The summed E-state index contributed by atoms with van der Waals surface area (Å²) in [5.41, 5.74) is 1.79. The van der Waals surface area contributed by atoms with Gasteiger partial charge in [0.05, 0.1) is 12.7 Å². The molecule has 4 heteroatoms. The summed E-state index contributed by atoms with van der Waals surface area (Å²) in [5.74, 6) is 2.22. The summed E-state index contributed by atoms with van der Waals surface area (Å²) in [6, 6.07) is 6.30. The van der Waals surface area contributed by atoms with Gasteiger partial charge in [0.15, 0.2) is 0 Å². The number of methoxy groups -OCH3 is 1. The van der Waals surface area contributed by atoms with E-state index in [-0.39, 0.29) is 5.91 Å². The van der Waals surface area contributed by atoms with Crippen LogP contribution in [0.1, 0.15) is 49.0 Å². The Kier molecular flexibility index (Phi) is 5.67. The Bertz CT molecular complexity index is 610. The van der Waals surface area contributed by atoms with Gasteiger partial charge in [0, 0.05) is 32.2 Å². The summed E-state index contributed by atoms with van der Waals surface area (Å²) in [4.78, 5) is 17.9. The summed E-state index contributed by atoms with van der Waals surface area (Å²) in [5, 5.41) is 0. The number of hydrogen-bond acceptors (Lipinski definition) is 3. The molecule has 0 aromatic heterocycles. The third-order valence-electron chi connectivity index (χ3n) is 5.58. The van der Waals surface area contributed by atoms with Crippen LogP contribution in [0.3, 0.4) is 0 Å². The van der Waals surface area contributed by atoms with E-state index >= 15 is 0 Å². The van der Waals surface area contributed by atoms with Gasteiger partial charge in [-0.25, -0.2) is 0 Å². The molecule has 25 heavy (non-hydrogen) atoms. The Balaban J connectivity index is 1.79. The Morgan fingerprint density at radius 2 is 2.04 bits per heavy atom. The van der Waals surface area contributed by atoms with E-state index in [2.05, 4.69) is 23.6 Å². The maximum Gasteiger partial charge on any atom is 0.257 e. The molecular weight excluding hydrogens is 312 g/mol. The van der Waals surface area contributed by atoms with Gasteiger partial charge in [0.1, 0.15) is 5.75 Å². The molecule has 0 bridgehead atoms. The lowest BCUT2D eigenvalue weighted by molar-refractivity contribution is 0.0701. The van der Waals surface area contributed by atoms with Gasteiger partial charge in [-0.05, 0) is 50.2 Å². The van der Waals surface area contributed by atoms with Crippen molar-refractivity contribution in [2.45, 2.75) is 46.1 Å². The molecule has 0 radical (unpaired) electrons. The number of ether oxygens (including phenoxy) is 1. The quantitative estimate of drug-likeness (QED) is 0.818. The van der Waals surface area contributed by atoms with Crippen molar-refractivity contribution in [3.05, 3.63) is 29.3 Å². The van der Waals surface area contributed by atoms with Crippen molar-refractivity contribution < 1.29 is 9.53 Å². The molecule has 1 aliphatic carbocycles. The predicted octanol–water partition coefficient (Wildman–Crippen LogP) is 3.59. The molecule has 1 aromatic carbocycles. The molecule has 0 spiro atoms. The van der Waals surface area contributed by atoms with E-state index < -0.39 is 0 Å². The van der Waals surface area contributed by atoms with Gasteiger partial charge in [-0.2, -0.15) is 0 Å². The van der Waals surface area contributed by atoms with Crippen LogP contribution in [0.4, 0.5) is 0 Å². The molecule has 1 amide bonds. The van der Waals surface area contributed by atoms with Crippen LogP contribution in [0.25, 0.3) is 0 Å². The highest BCUT2D eigenvalue weighted by molar-refractivity contribution is 5.97. The smallest absolute Gasteiger partial charge is 0.257 e. The van der Waals surface area contributed by atoms with E-state index in [0.29, 0.717) is 23.3 Å². The van der Waals surface area contributed by atoms with Crippen LogP contribution in [-0.2, 0) is 0 Å². The van der Waals surface area contributed by atoms with E-state index in [1.807, 2.05) is 25.1 Å². The fourth-order valence-corrected chi connectivity index (χ4v) is 3.90. The summed E-state index contributed by atoms with van der Waals surface area (Å²) in [7, 11) is 1.64. The zero-order chi connectivity index (χ0) is 18.0. The Morgan fingerprint density at radius 1 is 1.28 bits per heavy atom. The number of hydrogen-bond donors (Lipinski definition) is 0. The largest absolute Gasteiger partial charge is 0.496 e. The highest BCUT2D eigenvalue weighted by Crippen LogP contribution is 2.32. The SMILES string of the molecule is COc1ccc(C)cc1C(=O)N1CCCN(CC2CC2)[C@H](C(C)C)C1. The standard InChI is InChI=1S/C21H32N2O2/c1-15(2)19-14-23(11-5-10-22(19)13-17-7-8-17)21(24)18-12-16(3)6-9-20(18)25-4/h6,9,12,15,17,19H,5,7-8,10-11,13-14H2,1-4H3/t19-/m0/s1. The molecule has 0 unspecified atom stereocenters. The first-order valence-electron chi connectivity index (χ1n) is 9.67. The van der Waals surface area contributed by atoms with Crippen LogP contribution in [0.15, 0.2) is 18.2 Å². The number of aryl methyl sites for hydroxylation is 1. The monoisotopic (exact) mass is 344 g/mol. The highest BCUT2D eigenvalue weighted by atomic mass is 16.5. The molecular formula is C21H32N2O2. The van der Waals surface area contributed by atoms with Gasteiger partial charge in [0.2, 0.25) is 0 Å². The van der Waals surface area contributed by atoms with E-state index in [1.54, 1.807) is 7.11 Å². The Labute approximate surface area is 152 Å². The molecule has 3 rings (SSSR count). The lowest BCUT2D eigenvalue weighted by Crippen LogP contribution is -2.46. The predicted molar refractivity (Wildman–Crippen MR) is 101 cm³/mol. The minimum absolute atomic E-state index is 0.111. The van der Waals surface area contributed by atoms with Gasteiger partial charge in [-0.3, -0.25) is 9.69 Å². The summed E-state index contributed by atoms with van der Waals surface area (Å²) >= 11 is 0. The fourth-order valence-electron chi connectivity index (χ4n) is 3.90. The Morgan fingerprint density at radius 3 is 2.68 bits per heavy atom. The van der Waals surface area contributed by atoms with Gasteiger partial charge in [0.25, 0.3) is 5.91 Å². The van der Waals surface area contributed by atoms with E-state index in [1.165, 1.54) is 19.4 Å². The van der Waals surface area contributed by atoms with E-state index in [4.69, 9.17) is 4.74 Å². The van der Waals surface area contributed by atoms with Crippen LogP contribution in [-0.4, -0.2) is 55.0 Å². The molecule has 138 valence electrons. The molecule has 0 N–H and O–H groups in total. The number of nitrogens with zero attached hydrogens (tertiary/aromatic N) is 2. The topological polar surface area (TPSA) is 32.8 Å². The van der Waals surface area contributed by atoms with Crippen molar-refractivity contribution in [3.8, 4) is 5.75 Å². The molecule has 2 fully saturated rings. The van der Waals surface area contributed by atoms with Gasteiger partial charge in [-0.15, -0.1) is 0 Å². The average molecular weight is 344 g/mol. The third kappa shape index (κ3) is 4.35. The maximum absolute atomic E-state index is 13.2. The van der Waals surface area contributed by atoms with E-state index in [0.717, 1.165) is 37.5 Å². The normalized spacial score (nSPS) is 22.1. The van der Waals surface area contributed by atoms with Crippen LogP contribution < -0.4 is 4.74 Å². The maximum atomic E-state index is 13.2. The first-order chi connectivity index (χ1) is 12.0. The number of amides is 1. The molecule has 1 aliphatic heterocycles. The second kappa shape index (κ2) is 7.77. The van der Waals surface area contributed by atoms with Crippen molar-refractivity contribution in [1.82, 2.24) is 9.80 Å². The van der Waals surface area contributed by atoms with Crippen molar-refractivity contribution in [3.63, 3.8) is 0 Å².